The standard InChI is InChI=1S/C14H26.C13H24OS/c1-6-7-10-14(5)12(4)8-9-13(14)11(2)3;1-5-9-13(4,7-3)11(8-10-14)12(15)6-2/h12-13H,2,6-10H2,1,3-5H3;8,10,12,15H,5-7,9H2,1-4H3/b;11-8-. The second kappa shape index (κ2) is 13.7. The Hall–Kier alpha value is -0.500. The van der Waals surface area contributed by atoms with Crippen LogP contribution in [0.2, 0.25) is 0 Å². The highest BCUT2D eigenvalue weighted by Crippen LogP contribution is 2.53. The van der Waals surface area contributed by atoms with Crippen LogP contribution >= 0.6 is 12.6 Å². The summed E-state index contributed by atoms with van der Waals surface area (Å²) in [5, 5.41) is 0.215. The lowest BCUT2D eigenvalue weighted by Crippen LogP contribution is -2.27. The molecule has 29 heavy (non-hydrogen) atoms. The van der Waals surface area contributed by atoms with Crippen molar-refractivity contribution in [3.05, 3.63) is 23.8 Å². The van der Waals surface area contributed by atoms with Crippen LogP contribution in [0.1, 0.15) is 113 Å². The number of hydrogen-bond acceptors (Lipinski definition) is 2. The number of carbonyl (C=O) groups excluding carboxylic acids is 1. The lowest BCUT2D eigenvalue weighted by Gasteiger charge is -2.36. The summed E-state index contributed by atoms with van der Waals surface area (Å²) in [5.41, 5.74) is 3.29. The Morgan fingerprint density at radius 1 is 1.24 bits per heavy atom. The number of allylic oxidation sites excluding steroid dienone is 2. The van der Waals surface area contributed by atoms with Gasteiger partial charge in [0, 0.05) is 5.25 Å². The number of thiol groups is 1. The van der Waals surface area contributed by atoms with Crippen LogP contribution in [0.5, 0.6) is 0 Å². The normalized spacial score (nSPS) is 27.6. The molecule has 0 saturated heterocycles. The lowest BCUT2D eigenvalue weighted by molar-refractivity contribution is -0.104. The van der Waals surface area contributed by atoms with E-state index in [0.29, 0.717) is 5.41 Å². The van der Waals surface area contributed by atoms with Crippen molar-refractivity contribution in [3.63, 3.8) is 0 Å². The van der Waals surface area contributed by atoms with Crippen LogP contribution < -0.4 is 0 Å². The molecule has 1 rings (SSSR count). The third kappa shape index (κ3) is 7.93. The van der Waals surface area contributed by atoms with E-state index in [0.717, 1.165) is 43.8 Å². The monoisotopic (exact) mass is 422 g/mol. The van der Waals surface area contributed by atoms with Gasteiger partial charge in [-0.3, -0.25) is 4.79 Å². The van der Waals surface area contributed by atoms with Gasteiger partial charge in [0.1, 0.15) is 6.29 Å². The van der Waals surface area contributed by atoms with Crippen molar-refractivity contribution in [2.24, 2.45) is 22.7 Å². The van der Waals surface area contributed by atoms with Crippen LogP contribution in [0.15, 0.2) is 23.8 Å². The first kappa shape index (κ1) is 28.5. The highest BCUT2D eigenvalue weighted by molar-refractivity contribution is 7.81. The van der Waals surface area contributed by atoms with E-state index in [1.165, 1.54) is 43.3 Å². The molecule has 5 unspecified atom stereocenters. The molecule has 1 saturated carbocycles. The quantitative estimate of drug-likeness (QED) is 0.152. The van der Waals surface area contributed by atoms with E-state index >= 15 is 0 Å². The smallest absolute Gasteiger partial charge is 0.142 e. The van der Waals surface area contributed by atoms with Gasteiger partial charge in [0.15, 0.2) is 0 Å². The average molecular weight is 423 g/mol. The Morgan fingerprint density at radius 2 is 1.86 bits per heavy atom. The molecule has 0 aliphatic heterocycles. The largest absolute Gasteiger partial charge is 0.299 e. The van der Waals surface area contributed by atoms with E-state index in [2.05, 4.69) is 74.6 Å². The fourth-order valence-corrected chi connectivity index (χ4v) is 5.69. The van der Waals surface area contributed by atoms with Crippen molar-refractivity contribution in [1.29, 1.82) is 0 Å². The summed E-state index contributed by atoms with van der Waals surface area (Å²) in [5.74, 6) is 1.67. The highest BCUT2D eigenvalue weighted by atomic mass is 32.1. The van der Waals surface area contributed by atoms with Crippen molar-refractivity contribution in [2.75, 3.05) is 0 Å². The lowest BCUT2D eigenvalue weighted by atomic mass is 9.69. The Bertz CT molecular complexity index is 523. The number of rotatable bonds is 11. The van der Waals surface area contributed by atoms with Crippen molar-refractivity contribution >= 4 is 18.9 Å². The van der Waals surface area contributed by atoms with Crippen LogP contribution in [0, 0.1) is 22.7 Å². The van der Waals surface area contributed by atoms with Crippen LogP contribution in [0.4, 0.5) is 0 Å². The molecule has 1 aliphatic rings. The summed E-state index contributed by atoms with van der Waals surface area (Å²) in [7, 11) is 0. The molecule has 0 aromatic rings. The van der Waals surface area contributed by atoms with Crippen LogP contribution in [0.25, 0.3) is 0 Å². The minimum Gasteiger partial charge on any atom is -0.299 e. The van der Waals surface area contributed by atoms with Crippen molar-refractivity contribution in [3.8, 4) is 0 Å². The summed E-state index contributed by atoms with van der Waals surface area (Å²) < 4.78 is 0. The third-order valence-corrected chi connectivity index (χ3v) is 8.39. The van der Waals surface area contributed by atoms with Gasteiger partial charge in [0.2, 0.25) is 0 Å². The zero-order valence-corrected chi connectivity index (χ0v) is 21.7. The van der Waals surface area contributed by atoms with E-state index < -0.39 is 0 Å². The van der Waals surface area contributed by atoms with E-state index in [9.17, 15) is 4.79 Å². The molecule has 0 amide bonds. The third-order valence-electron chi connectivity index (χ3n) is 7.75. The van der Waals surface area contributed by atoms with E-state index in [1.54, 1.807) is 6.08 Å². The molecule has 0 N–H and O–H groups in total. The fraction of sp³-hybridized carbons (Fsp3) is 0.815. The van der Waals surface area contributed by atoms with Gasteiger partial charge < -0.3 is 0 Å². The minimum absolute atomic E-state index is 0.137. The van der Waals surface area contributed by atoms with E-state index in [1.807, 2.05) is 0 Å². The van der Waals surface area contributed by atoms with Crippen molar-refractivity contribution < 1.29 is 4.79 Å². The predicted molar refractivity (Wildman–Crippen MR) is 135 cm³/mol. The summed E-state index contributed by atoms with van der Waals surface area (Å²) in [6.07, 6.45) is 13.8. The summed E-state index contributed by atoms with van der Waals surface area (Å²) in [6, 6.07) is 0. The second-order valence-corrected chi connectivity index (χ2v) is 10.5. The summed E-state index contributed by atoms with van der Waals surface area (Å²) in [6.45, 7) is 22.3. The zero-order valence-electron chi connectivity index (χ0n) is 20.8. The summed E-state index contributed by atoms with van der Waals surface area (Å²) >= 11 is 4.57. The van der Waals surface area contributed by atoms with Gasteiger partial charge in [-0.05, 0) is 79.8 Å². The molecule has 1 aliphatic carbocycles. The van der Waals surface area contributed by atoms with E-state index in [-0.39, 0.29) is 10.7 Å². The molecule has 2 heteroatoms. The maximum atomic E-state index is 10.7. The maximum Gasteiger partial charge on any atom is 0.142 e. The minimum atomic E-state index is 0.137. The predicted octanol–water partition coefficient (Wildman–Crippen LogP) is 8.84. The zero-order chi connectivity index (χ0) is 22.7. The Labute approximate surface area is 188 Å². The van der Waals surface area contributed by atoms with Gasteiger partial charge in [-0.15, -0.1) is 0 Å². The number of carbonyl (C=O) groups is 1. The highest BCUT2D eigenvalue weighted by Gasteiger charge is 2.43. The number of unbranched alkanes of at least 4 members (excludes halogenated alkanes) is 1. The van der Waals surface area contributed by atoms with Crippen LogP contribution in [-0.4, -0.2) is 11.5 Å². The van der Waals surface area contributed by atoms with Gasteiger partial charge in [-0.1, -0.05) is 79.9 Å². The molecule has 0 heterocycles. The molecule has 0 aromatic heterocycles. The number of hydrogen-bond donors (Lipinski definition) is 1. The van der Waals surface area contributed by atoms with Crippen molar-refractivity contribution in [1.82, 2.24) is 0 Å². The molecular weight excluding hydrogens is 372 g/mol. The molecular formula is C27H50OS. The van der Waals surface area contributed by atoms with Gasteiger partial charge >= 0.3 is 0 Å². The first-order chi connectivity index (χ1) is 13.6. The van der Waals surface area contributed by atoms with Crippen molar-refractivity contribution in [2.45, 2.75) is 118 Å². The van der Waals surface area contributed by atoms with Crippen LogP contribution in [0.3, 0.4) is 0 Å². The maximum absolute atomic E-state index is 10.7. The Balaban J connectivity index is 0.000000541. The molecule has 0 radical (unpaired) electrons. The molecule has 0 spiro atoms. The Kier molecular flexibility index (Phi) is 13.5. The van der Waals surface area contributed by atoms with Gasteiger partial charge in [-0.2, -0.15) is 12.6 Å². The molecule has 0 bridgehead atoms. The first-order valence-electron chi connectivity index (χ1n) is 12.1. The average Bonchev–Trinajstić information content (AvgIpc) is 2.99. The SMILES string of the molecule is C=C(C)C1CCC(C)C1(C)CCCC.CCCC(C)(CC)/C(=C\C=O)C(S)CC. The molecule has 1 nitrogen and oxygen atoms in total. The fourth-order valence-electron chi connectivity index (χ4n) is 5.29. The molecule has 5 atom stereocenters. The number of aldehydes is 1. The second-order valence-electron chi connectivity index (χ2n) is 9.83. The first-order valence-corrected chi connectivity index (χ1v) is 12.6. The Morgan fingerprint density at radius 3 is 2.28 bits per heavy atom. The van der Waals surface area contributed by atoms with Gasteiger partial charge in [0.05, 0.1) is 0 Å². The summed E-state index contributed by atoms with van der Waals surface area (Å²) in [4.78, 5) is 10.7. The molecule has 170 valence electrons. The molecule has 1 fully saturated rings. The van der Waals surface area contributed by atoms with E-state index in [4.69, 9.17) is 0 Å². The molecule has 0 aromatic carbocycles. The van der Waals surface area contributed by atoms with Gasteiger partial charge in [-0.25, -0.2) is 0 Å². The van der Waals surface area contributed by atoms with Crippen LogP contribution in [-0.2, 0) is 4.79 Å². The van der Waals surface area contributed by atoms with Gasteiger partial charge in [0.25, 0.3) is 0 Å². The topological polar surface area (TPSA) is 17.1 Å².